The second-order valence-electron chi connectivity index (χ2n) is 6.02. The third-order valence-corrected chi connectivity index (χ3v) is 3.17. The van der Waals surface area contributed by atoms with E-state index in [4.69, 9.17) is 4.74 Å². The van der Waals surface area contributed by atoms with E-state index in [9.17, 15) is 0 Å². The van der Waals surface area contributed by atoms with Crippen molar-refractivity contribution in [3.05, 3.63) is 65.2 Å². The number of rotatable bonds is 3. The highest BCUT2D eigenvalue weighted by Gasteiger charge is 2.18. The highest BCUT2D eigenvalue weighted by atomic mass is 16.5. The summed E-state index contributed by atoms with van der Waals surface area (Å²) in [4.78, 5) is 0. The lowest BCUT2D eigenvalue weighted by molar-refractivity contribution is 0.297. The van der Waals surface area contributed by atoms with Crippen molar-refractivity contribution in [1.29, 1.82) is 0 Å². The zero-order chi connectivity index (χ0) is 13.9. The first kappa shape index (κ1) is 13.7. The van der Waals surface area contributed by atoms with Crippen LogP contribution in [-0.2, 0) is 12.0 Å². The maximum atomic E-state index is 6.00. The van der Waals surface area contributed by atoms with E-state index in [1.807, 2.05) is 6.07 Å². The maximum absolute atomic E-state index is 6.00. The van der Waals surface area contributed by atoms with E-state index >= 15 is 0 Å². The van der Waals surface area contributed by atoms with Gasteiger partial charge in [0.2, 0.25) is 0 Å². The van der Waals surface area contributed by atoms with Crippen LogP contribution in [-0.4, -0.2) is 0 Å². The van der Waals surface area contributed by atoms with Crippen LogP contribution in [0.3, 0.4) is 0 Å². The van der Waals surface area contributed by atoms with E-state index in [1.54, 1.807) is 0 Å². The lowest BCUT2D eigenvalue weighted by Gasteiger charge is -2.22. The van der Waals surface area contributed by atoms with Gasteiger partial charge in [0, 0.05) is 0 Å². The first-order chi connectivity index (χ1) is 8.97. The number of ether oxygens (including phenoxy) is 1. The number of benzene rings is 2. The Balaban J connectivity index is 2.16. The summed E-state index contributed by atoms with van der Waals surface area (Å²) in [5.41, 5.74) is 3.83. The summed E-state index contributed by atoms with van der Waals surface area (Å²) in [5, 5.41) is 0. The van der Waals surface area contributed by atoms with Crippen LogP contribution in [0.4, 0.5) is 0 Å². The molecule has 0 saturated carbocycles. The van der Waals surface area contributed by atoms with Crippen LogP contribution in [0.25, 0.3) is 0 Å². The Morgan fingerprint density at radius 3 is 2.37 bits per heavy atom. The smallest absolute Gasteiger partial charge is 0.123 e. The van der Waals surface area contributed by atoms with Crippen molar-refractivity contribution in [3.63, 3.8) is 0 Å². The predicted molar refractivity (Wildman–Crippen MR) is 80.7 cm³/mol. The average Bonchev–Trinajstić information content (AvgIpc) is 2.36. The quantitative estimate of drug-likeness (QED) is 0.759. The topological polar surface area (TPSA) is 9.23 Å². The first-order valence-corrected chi connectivity index (χ1v) is 6.75. The predicted octanol–water partition coefficient (Wildman–Crippen LogP) is 4.87. The van der Waals surface area contributed by atoms with E-state index in [2.05, 4.69) is 70.2 Å². The van der Waals surface area contributed by atoms with Crippen molar-refractivity contribution in [3.8, 4) is 5.75 Å². The van der Waals surface area contributed by atoms with Gasteiger partial charge in [-0.15, -0.1) is 0 Å². The van der Waals surface area contributed by atoms with Gasteiger partial charge in [-0.3, -0.25) is 0 Å². The number of hydrogen-bond donors (Lipinski definition) is 0. The molecular weight excluding hydrogens is 232 g/mol. The summed E-state index contributed by atoms with van der Waals surface area (Å²) in [7, 11) is 0. The van der Waals surface area contributed by atoms with Gasteiger partial charge in [0.15, 0.2) is 0 Å². The number of para-hydroxylation sites is 1. The van der Waals surface area contributed by atoms with Gasteiger partial charge in [-0.05, 0) is 29.5 Å². The molecule has 2 aromatic carbocycles. The summed E-state index contributed by atoms with van der Waals surface area (Å²) < 4.78 is 6.00. The molecule has 0 spiro atoms. The first-order valence-electron chi connectivity index (χ1n) is 6.75. The molecule has 0 unspecified atom stereocenters. The van der Waals surface area contributed by atoms with Crippen molar-refractivity contribution in [2.45, 2.75) is 39.7 Å². The van der Waals surface area contributed by atoms with E-state index in [0.29, 0.717) is 6.61 Å². The molecule has 0 heterocycles. The van der Waals surface area contributed by atoms with Gasteiger partial charge in [-0.25, -0.2) is 0 Å². The monoisotopic (exact) mass is 254 g/mol. The Morgan fingerprint density at radius 1 is 0.947 bits per heavy atom. The zero-order valence-corrected chi connectivity index (χ0v) is 12.2. The van der Waals surface area contributed by atoms with Gasteiger partial charge in [-0.2, -0.15) is 0 Å². The Bertz CT molecular complexity index is 550. The van der Waals surface area contributed by atoms with E-state index in [0.717, 1.165) is 5.75 Å². The lowest BCUT2D eigenvalue weighted by Crippen LogP contribution is -2.13. The summed E-state index contributed by atoms with van der Waals surface area (Å²) >= 11 is 0. The Hall–Kier alpha value is -1.76. The van der Waals surface area contributed by atoms with Gasteiger partial charge >= 0.3 is 0 Å². The Kier molecular flexibility index (Phi) is 3.94. The van der Waals surface area contributed by atoms with Gasteiger partial charge in [-0.1, -0.05) is 68.8 Å². The van der Waals surface area contributed by atoms with Crippen LogP contribution in [0.5, 0.6) is 5.75 Å². The molecule has 2 rings (SSSR count). The molecule has 1 heteroatoms. The largest absolute Gasteiger partial charge is 0.489 e. The van der Waals surface area contributed by atoms with Gasteiger partial charge in [0.25, 0.3) is 0 Å². The Labute approximate surface area is 116 Å². The van der Waals surface area contributed by atoms with Crippen LogP contribution < -0.4 is 4.74 Å². The molecule has 0 N–H and O–H groups in total. The third-order valence-electron chi connectivity index (χ3n) is 3.17. The molecule has 100 valence electrons. The minimum Gasteiger partial charge on any atom is -0.489 e. The molecule has 0 atom stereocenters. The fourth-order valence-corrected chi connectivity index (χ4v) is 2.18. The van der Waals surface area contributed by atoms with Crippen LogP contribution in [0, 0.1) is 6.92 Å². The molecule has 0 saturated heterocycles. The second-order valence-corrected chi connectivity index (χ2v) is 6.02. The third kappa shape index (κ3) is 3.60. The highest BCUT2D eigenvalue weighted by molar-refractivity contribution is 5.38. The highest BCUT2D eigenvalue weighted by Crippen LogP contribution is 2.31. The van der Waals surface area contributed by atoms with Crippen molar-refractivity contribution >= 4 is 0 Å². The van der Waals surface area contributed by atoms with Crippen LogP contribution in [0.2, 0.25) is 0 Å². The molecule has 0 aliphatic heterocycles. The number of aryl methyl sites for hydroxylation is 1. The van der Waals surface area contributed by atoms with Crippen molar-refractivity contribution < 1.29 is 4.74 Å². The molecule has 0 aromatic heterocycles. The molecule has 1 nitrogen and oxygen atoms in total. The summed E-state index contributed by atoms with van der Waals surface area (Å²) in [6.45, 7) is 9.35. The minimum absolute atomic E-state index is 0.100. The zero-order valence-electron chi connectivity index (χ0n) is 12.2. The Morgan fingerprint density at radius 2 is 1.68 bits per heavy atom. The SMILES string of the molecule is Cc1cccc(COc2ccccc2C(C)(C)C)c1. The summed E-state index contributed by atoms with van der Waals surface area (Å²) in [6, 6.07) is 16.7. The molecule has 0 amide bonds. The molecule has 0 aliphatic rings. The fourth-order valence-electron chi connectivity index (χ4n) is 2.18. The van der Waals surface area contributed by atoms with Crippen LogP contribution in [0.1, 0.15) is 37.5 Å². The normalized spacial score (nSPS) is 11.4. The van der Waals surface area contributed by atoms with Crippen molar-refractivity contribution in [1.82, 2.24) is 0 Å². The molecule has 0 radical (unpaired) electrons. The lowest BCUT2D eigenvalue weighted by atomic mass is 9.86. The van der Waals surface area contributed by atoms with Crippen molar-refractivity contribution in [2.75, 3.05) is 0 Å². The van der Waals surface area contributed by atoms with E-state index in [-0.39, 0.29) is 5.41 Å². The number of hydrogen-bond acceptors (Lipinski definition) is 1. The van der Waals surface area contributed by atoms with E-state index < -0.39 is 0 Å². The molecule has 2 aromatic rings. The summed E-state index contributed by atoms with van der Waals surface area (Å²) in [5.74, 6) is 0.983. The molecule has 0 fully saturated rings. The van der Waals surface area contributed by atoms with Crippen molar-refractivity contribution in [2.24, 2.45) is 0 Å². The van der Waals surface area contributed by atoms with Crippen LogP contribution >= 0.6 is 0 Å². The molecule has 19 heavy (non-hydrogen) atoms. The van der Waals surface area contributed by atoms with Gasteiger partial charge in [0.1, 0.15) is 12.4 Å². The molecule has 0 bridgehead atoms. The van der Waals surface area contributed by atoms with Gasteiger partial charge < -0.3 is 4.74 Å². The average molecular weight is 254 g/mol. The maximum Gasteiger partial charge on any atom is 0.123 e. The van der Waals surface area contributed by atoms with E-state index in [1.165, 1.54) is 16.7 Å². The molecular formula is C18H22O. The summed E-state index contributed by atoms with van der Waals surface area (Å²) in [6.07, 6.45) is 0. The minimum atomic E-state index is 0.100. The fraction of sp³-hybridized carbons (Fsp3) is 0.333. The van der Waals surface area contributed by atoms with Crippen LogP contribution in [0.15, 0.2) is 48.5 Å². The molecule has 0 aliphatic carbocycles. The standard InChI is InChI=1S/C18H22O/c1-14-8-7-9-15(12-14)13-19-17-11-6-5-10-16(17)18(2,3)4/h5-12H,13H2,1-4H3. The second kappa shape index (κ2) is 5.48. The van der Waals surface area contributed by atoms with Gasteiger partial charge in [0.05, 0.1) is 0 Å².